The van der Waals surface area contributed by atoms with E-state index in [1.54, 1.807) is 0 Å². The molecule has 0 fully saturated rings. The van der Waals surface area contributed by atoms with Gasteiger partial charge in [0.2, 0.25) is 11.8 Å². The van der Waals surface area contributed by atoms with Gasteiger partial charge in [-0.25, -0.2) is 4.79 Å². The molecule has 0 aliphatic carbocycles. The van der Waals surface area contributed by atoms with Crippen LogP contribution in [0.2, 0.25) is 0 Å². The topological polar surface area (TPSA) is 153 Å². The van der Waals surface area contributed by atoms with Gasteiger partial charge in [0, 0.05) is 6.07 Å². The molecule has 0 bridgehead atoms. The number of carboxylic acid groups (broad SMARTS) is 1. The van der Waals surface area contributed by atoms with Gasteiger partial charge < -0.3 is 21.1 Å². The predicted octanol–water partition coefficient (Wildman–Crippen LogP) is -1.85. The molecule has 0 aliphatic rings. The van der Waals surface area contributed by atoms with E-state index >= 15 is 0 Å². The summed E-state index contributed by atoms with van der Waals surface area (Å²) in [6.45, 7) is -0.399. The fraction of sp³-hybridized carbons (Fsp3) is 0.333. The zero-order chi connectivity index (χ0) is 13.7. The second kappa shape index (κ2) is 5.77. The first-order valence-electron chi connectivity index (χ1n) is 4.86. The van der Waals surface area contributed by atoms with Crippen LogP contribution in [0.4, 0.5) is 0 Å². The van der Waals surface area contributed by atoms with Crippen LogP contribution in [0.5, 0.6) is 0 Å². The lowest BCUT2D eigenvalue weighted by Crippen LogP contribution is -2.39. The van der Waals surface area contributed by atoms with E-state index < -0.39 is 17.8 Å². The zero-order valence-electron chi connectivity index (χ0n) is 9.33. The molecular weight excluding hydrogens is 244 g/mol. The number of hydrogen-bond acceptors (Lipinski definition) is 6. The van der Waals surface area contributed by atoms with Crippen LogP contribution < -0.4 is 11.5 Å². The monoisotopic (exact) mass is 256 g/mol. The Balaban J connectivity index is 2.71. The van der Waals surface area contributed by atoms with Crippen molar-refractivity contribution in [2.75, 3.05) is 13.1 Å². The van der Waals surface area contributed by atoms with Crippen molar-refractivity contribution in [3.05, 3.63) is 17.5 Å². The molecular formula is C9H12N4O5. The van der Waals surface area contributed by atoms with Crippen LogP contribution in [0.25, 0.3) is 0 Å². The highest BCUT2D eigenvalue weighted by atomic mass is 16.5. The summed E-state index contributed by atoms with van der Waals surface area (Å²) in [7, 11) is 0. The van der Waals surface area contributed by atoms with E-state index in [-0.39, 0.29) is 31.1 Å². The molecule has 0 aliphatic heterocycles. The van der Waals surface area contributed by atoms with Crippen LogP contribution >= 0.6 is 0 Å². The number of rotatable bonds is 7. The molecule has 0 aromatic carbocycles. The van der Waals surface area contributed by atoms with Gasteiger partial charge in [-0.3, -0.25) is 14.5 Å². The summed E-state index contributed by atoms with van der Waals surface area (Å²) in [6.07, 6.45) is 0. The lowest BCUT2D eigenvalue weighted by atomic mass is 10.3. The molecule has 5 N–H and O–H groups in total. The highest BCUT2D eigenvalue weighted by Gasteiger charge is 2.16. The van der Waals surface area contributed by atoms with Crippen molar-refractivity contribution in [3.63, 3.8) is 0 Å². The van der Waals surface area contributed by atoms with Crippen LogP contribution in [-0.4, -0.2) is 46.0 Å². The Hall–Kier alpha value is -2.42. The fourth-order valence-electron chi connectivity index (χ4n) is 1.32. The second-order valence-electron chi connectivity index (χ2n) is 3.56. The van der Waals surface area contributed by atoms with E-state index in [1.807, 2.05) is 0 Å². The number of nitrogens with zero attached hydrogens (tertiary/aromatic N) is 2. The Labute approximate surface area is 101 Å². The molecule has 1 aromatic rings. The van der Waals surface area contributed by atoms with Gasteiger partial charge in [-0.2, -0.15) is 0 Å². The van der Waals surface area contributed by atoms with Crippen LogP contribution in [0, 0.1) is 0 Å². The molecule has 98 valence electrons. The number of carbonyl (C=O) groups is 3. The molecule has 18 heavy (non-hydrogen) atoms. The van der Waals surface area contributed by atoms with Crippen molar-refractivity contribution >= 4 is 17.8 Å². The third-order valence-electron chi connectivity index (χ3n) is 1.92. The Morgan fingerprint density at radius 3 is 2.22 bits per heavy atom. The molecule has 9 heteroatoms. The van der Waals surface area contributed by atoms with Gasteiger partial charge in [0.25, 0.3) is 0 Å². The van der Waals surface area contributed by atoms with Gasteiger partial charge in [0.1, 0.15) is 0 Å². The number of aromatic carboxylic acids is 1. The SMILES string of the molecule is NC(=O)CN(CC(N)=O)Cc1cc(C(=O)O)no1. The summed E-state index contributed by atoms with van der Waals surface area (Å²) >= 11 is 0. The van der Waals surface area contributed by atoms with Gasteiger partial charge in [-0.05, 0) is 0 Å². The van der Waals surface area contributed by atoms with Crippen LogP contribution in [0.3, 0.4) is 0 Å². The van der Waals surface area contributed by atoms with Gasteiger partial charge in [-0.15, -0.1) is 0 Å². The lowest BCUT2D eigenvalue weighted by Gasteiger charge is -2.16. The summed E-state index contributed by atoms with van der Waals surface area (Å²) in [5.74, 6) is -2.33. The van der Waals surface area contributed by atoms with E-state index in [0.29, 0.717) is 0 Å². The number of nitrogens with two attached hydrogens (primary N) is 2. The Morgan fingerprint density at radius 2 is 1.83 bits per heavy atom. The number of carboxylic acids is 1. The van der Waals surface area contributed by atoms with Crippen molar-refractivity contribution in [2.45, 2.75) is 6.54 Å². The summed E-state index contributed by atoms with van der Waals surface area (Å²) in [6, 6.07) is 1.19. The first-order chi connectivity index (χ1) is 8.38. The Morgan fingerprint density at radius 1 is 1.28 bits per heavy atom. The van der Waals surface area contributed by atoms with Gasteiger partial charge in [0.15, 0.2) is 11.5 Å². The average Bonchev–Trinajstić information content (AvgIpc) is 2.63. The average molecular weight is 256 g/mol. The summed E-state index contributed by atoms with van der Waals surface area (Å²) in [5.41, 5.74) is 9.75. The maximum atomic E-state index is 10.8. The fourth-order valence-corrected chi connectivity index (χ4v) is 1.32. The number of carbonyl (C=O) groups excluding carboxylic acids is 2. The highest BCUT2D eigenvalue weighted by Crippen LogP contribution is 2.07. The number of hydrogen-bond donors (Lipinski definition) is 3. The quantitative estimate of drug-likeness (QED) is 0.517. The third-order valence-corrected chi connectivity index (χ3v) is 1.92. The van der Waals surface area contributed by atoms with Crippen molar-refractivity contribution in [2.24, 2.45) is 11.5 Å². The zero-order valence-corrected chi connectivity index (χ0v) is 9.33. The van der Waals surface area contributed by atoms with Crippen molar-refractivity contribution in [1.29, 1.82) is 0 Å². The molecule has 9 nitrogen and oxygen atoms in total. The minimum atomic E-state index is -1.23. The first kappa shape index (κ1) is 13.6. The molecule has 0 radical (unpaired) electrons. The summed E-state index contributed by atoms with van der Waals surface area (Å²) in [4.78, 5) is 33.5. The van der Waals surface area contributed by atoms with Crippen molar-refractivity contribution in [3.8, 4) is 0 Å². The number of amides is 2. The largest absolute Gasteiger partial charge is 0.476 e. The van der Waals surface area contributed by atoms with E-state index in [4.69, 9.17) is 21.1 Å². The van der Waals surface area contributed by atoms with Gasteiger partial charge in [0.05, 0.1) is 19.6 Å². The number of aromatic nitrogens is 1. The smallest absolute Gasteiger partial charge is 0.358 e. The summed E-state index contributed by atoms with van der Waals surface area (Å²) < 4.78 is 4.74. The molecule has 0 saturated carbocycles. The van der Waals surface area contributed by atoms with Crippen LogP contribution in [-0.2, 0) is 16.1 Å². The third kappa shape index (κ3) is 4.22. The van der Waals surface area contributed by atoms with Crippen LogP contribution in [0.1, 0.15) is 16.2 Å². The van der Waals surface area contributed by atoms with Crippen molar-refractivity contribution < 1.29 is 24.0 Å². The van der Waals surface area contributed by atoms with Gasteiger partial charge in [-0.1, -0.05) is 5.16 Å². The highest BCUT2D eigenvalue weighted by molar-refractivity contribution is 5.85. The molecule has 0 saturated heterocycles. The standard InChI is InChI=1S/C9H12N4O5/c10-7(14)3-13(4-8(11)15)2-5-1-6(9(16)17)12-18-5/h1H,2-4H2,(H2,10,14)(H2,11,15)(H,16,17). The molecule has 0 unspecified atom stereocenters. The van der Waals surface area contributed by atoms with Crippen LogP contribution in [0.15, 0.2) is 10.6 Å². The van der Waals surface area contributed by atoms with E-state index in [0.717, 1.165) is 0 Å². The molecule has 1 heterocycles. The summed E-state index contributed by atoms with van der Waals surface area (Å²) in [5, 5.41) is 11.9. The normalized spacial score (nSPS) is 10.5. The minimum Gasteiger partial charge on any atom is -0.476 e. The molecule has 2 amide bonds. The Kier molecular flexibility index (Phi) is 4.38. The second-order valence-corrected chi connectivity index (χ2v) is 3.56. The molecule has 1 rings (SSSR count). The van der Waals surface area contributed by atoms with E-state index in [1.165, 1.54) is 11.0 Å². The molecule has 0 spiro atoms. The van der Waals surface area contributed by atoms with E-state index in [2.05, 4.69) is 5.16 Å². The van der Waals surface area contributed by atoms with Crippen molar-refractivity contribution in [1.82, 2.24) is 10.1 Å². The molecule has 0 atom stereocenters. The minimum absolute atomic E-state index is 0.00611. The predicted molar refractivity (Wildman–Crippen MR) is 57.1 cm³/mol. The maximum absolute atomic E-state index is 10.8. The Bertz CT molecular complexity index is 453. The number of primary amides is 2. The lowest BCUT2D eigenvalue weighted by molar-refractivity contribution is -0.122. The van der Waals surface area contributed by atoms with E-state index in [9.17, 15) is 14.4 Å². The first-order valence-corrected chi connectivity index (χ1v) is 4.86. The molecule has 1 aromatic heterocycles. The van der Waals surface area contributed by atoms with Gasteiger partial charge >= 0.3 is 5.97 Å². The maximum Gasteiger partial charge on any atom is 0.358 e.